The molecule has 2 N–H and O–H groups in total. The summed E-state index contributed by atoms with van der Waals surface area (Å²) in [5.41, 5.74) is 7.48. The molecule has 0 saturated heterocycles. The highest BCUT2D eigenvalue weighted by molar-refractivity contribution is 5.80. The van der Waals surface area contributed by atoms with Gasteiger partial charge in [0.05, 0.1) is 13.5 Å². The maximum Gasteiger partial charge on any atom is 0.257 e. The lowest BCUT2D eigenvalue weighted by Crippen LogP contribution is -2.33. The van der Waals surface area contributed by atoms with Crippen molar-refractivity contribution in [2.24, 2.45) is 0 Å². The molecule has 0 radical (unpaired) electrons. The zero-order chi connectivity index (χ0) is 19.3. The number of rotatable bonds is 7. The van der Waals surface area contributed by atoms with Crippen molar-refractivity contribution in [1.82, 2.24) is 10.8 Å². The Morgan fingerprint density at radius 3 is 3.07 bits per heavy atom. The van der Waals surface area contributed by atoms with Crippen molar-refractivity contribution in [3.63, 3.8) is 0 Å². The molecule has 0 fully saturated rings. The highest BCUT2D eigenvalue weighted by Crippen LogP contribution is 2.38. The number of methoxy groups -OCH3 is 1. The average Bonchev–Trinajstić information content (AvgIpc) is 2.72. The third kappa shape index (κ3) is 4.14. The third-order valence-electron chi connectivity index (χ3n) is 5.82. The molecule has 2 aromatic rings. The number of hydrogen-bond acceptors (Lipinski definition) is 4. The van der Waals surface area contributed by atoms with Crippen LogP contribution in [0, 0.1) is 0 Å². The van der Waals surface area contributed by atoms with Crippen LogP contribution in [0.3, 0.4) is 0 Å². The Bertz CT molecular complexity index is 850. The number of ether oxygens (including phenoxy) is 1. The van der Waals surface area contributed by atoms with Gasteiger partial charge in [-0.15, -0.1) is 0 Å². The van der Waals surface area contributed by atoms with E-state index in [0.29, 0.717) is 12.3 Å². The number of fused-ring (bicyclic) bond motifs is 2. The lowest BCUT2D eigenvalue weighted by atomic mass is 9.80. The van der Waals surface area contributed by atoms with E-state index in [1.54, 1.807) is 7.11 Å². The summed E-state index contributed by atoms with van der Waals surface area (Å²) in [6, 6.07) is 12.6. The molecule has 1 unspecified atom stereocenters. The van der Waals surface area contributed by atoms with Gasteiger partial charge in [0, 0.05) is 5.56 Å². The van der Waals surface area contributed by atoms with Crippen molar-refractivity contribution in [2.75, 3.05) is 20.2 Å². The van der Waals surface area contributed by atoms with Crippen LogP contribution in [0.1, 0.15) is 47.4 Å². The quantitative estimate of drug-likeness (QED) is 0.724. The number of hydroxylamine groups is 1. The van der Waals surface area contributed by atoms with Crippen LogP contribution in [0.5, 0.6) is 11.5 Å². The summed E-state index contributed by atoms with van der Waals surface area (Å²) in [5.74, 6) is 2.32. The highest BCUT2D eigenvalue weighted by atomic mass is 16.7. The Labute approximate surface area is 166 Å². The lowest BCUT2D eigenvalue weighted by molar-refractivity contribution is -0.128. The van der Waals surface area contributed by atoms with E-state index >= 15 is 0 Å². The zero-order valence-electron chi connectivity index (χ0n) is 16.4. The Balaban J connectivity index is 1.26. The van der Waals surface area contributed by atoms with Crippen LogP contribution < -0.4 is 20.4 Å². The van der Waals surface area contributed by atoms with E-state index in [1.165, 1.54) is 29.5 Å². The first-order valence-electron chi connectivity index (χ1n) is 10.2. The first kappa shape index (κ1) is 18.8. The van der Waals surface area contributed by atoms with Crippen molar-refractivity contribution in [3.8, 4) is 11.5 Å². The van der Waals surface area contributed by atoms with Crippen molar-refractivity contribution in [3.05, 3.63) is 58.7 Å². The molecule has 0 spiro atoms. The summed E-state index contributed by atoms with van der Waals surface area (Å²) >= 11 is 0. The lowest BCUT2D eigenvalue weighted by Gasteiger charge is -2.27. The standard InChI is InChI=1S/C23H28N2O3/c1-27-22-7-3-5-19-17(4-2-6-20(19)22)11-13-24-12-10-16-8-9-21-18(14-16)15-23(26)25-28-21/h3,5,7-9,14,17,24H,2,4,6,10-13,15H2,1H3,(H,25,26). The van der Waals surface area contributed by atoms with Crippen LogP contribution in [-0.2, 0) is 24.1 Å². The maximum atomic E-state index is 11.5. The monoisotopic (exact) mass is 380 g/mol. The number of nitrogens with one attached hydrogen (secondary N) is 2. The summed E-state index contributed by atoms with van der Waals surface area (Å²) in [4.78, 5) is 16.7. The van der Waals surface area contributed by atoms with E-state index in [1.807, 2.05) is 6.07 Å². The van der Waals surface area contributed by atoms with Gasteiger partial charge >= 0.3 is 0 Å². The largest absolute Gasteiger partial charge is 0.496 e. The number of benzene rings is 2. The molecule has 148 valence electrons. The van der Waals surface area contributed by atoms with Crippen LogP contribution in [0.15, 0.2) is 36.4 Å². The molecule has 1 aliphatic heterocycles. The first-order chi connectivity index (χ1) is 13.7. The fourth-order valence-electron chi connectivity index (χ4n) is 4.39. The van der Waals surface area contributed by atoms with Gasteiger partial charge in [0.2, 0.25) is 0 Å². The van der Waals surface area contributed by atoms with Crippen molar-refractivity contribution >= 4 is 5.91 Å². The summed E-state index contributed by atoms with van der Waals surface area (Å²) in [7, 11) is 1.76. The molecule has 0 aromatic heterocycles. The summed E-state index contributed by atoms with van der Waals surface area (Å²) in [6.45, 7) is 1.95. The summed E-state index contributed by atoms with van der Waals surface area (Å²) in [5, 5.41) is 3.59. The molecule has 1 aliphatic carbocycles. The third-order valence-corrected chi connectivity index (χ3v) is 5.82. The second-order valence-corrected chi connectivity index (χ2v) is 7.65. The molecule has 0 bridgehead atoms. The molecular formula is C23H28N2O3. The van der Waals surface area contributed by atoms with Crippen LogP contribution in [0.4, 0.5) is 0 Å². The van der Waals surface area contributed by atoms with Crippen molar-refractivity contribution < 1.29 is 14.4 Å². The Kier molecular flexibility index (Phi) is 5.81. The number of hydrogen-bond donors (Lipinski definition) is 2. The Hall–Kier alpha value is -2.53. The van der Waals surface area contributed by atoms with Gasteiger partial charge in [-0.05, 0) is 79.9 Å². The molecular weight excluding hydrogens is 352 g/mol. The van der Waals surface area contributed by atoms with E-state index in [0.717, 1.165) is 49.4 Å². The average molecular weight is 380 g/mol. The minimum absolute atomic E-state index is 0.0906. The number of carbonyl (C=O) groups is 1. The molecule has 0 saturated carbocycles. The van der Waals surface area contributed by atoms with Gasteiger partial charge < -0.3 is 14.9 Å². The van der Waals surface area contributed by atoms with Gasteiger partial charge in [0.25, 0.3) is 5.91 Å². The van der Waals surface area contributed by atoms with Crippen LogP contribution in [0.25, 0.3) is 0 Å². The molecule has 5 heteroatoms. The predicted molar refractivity (Wildman–Crippen MR) is 109 cm³/mol. The van der Waals surface area contributed by atoms with E-state index in [9.17, 15) is 4.79 Å². The van der Waals surface area contributed by atoms with Crippen molar-refractivity contribution in [2.45, 2.75) is 44.4 Å². The van der Waals surface area contributed by atoms with Gasteiger partial charge in [-0.3, -0.25) is 4.79 Å². The molecule has 2 aliphatic rings. The zero-order valence-corrected chi connectivity index (χ0v) is 16.4. The van der Waals surface area contributed by atoms with Crippen LogP contribution in [0.2, 0.25) is 0 Å². The summed E-state index contributed by atoms with van der Waals surface area (Å²) in [6.07, 6.45) is 6.12. The molecule has 5 nitrogen and oxygen atoms in total. The molecule has 1 atom stereocenters. The Morgan fingerprint density at radius 2 is 2.18 bits per heavy atom. The fourth-order valence-corrected chi connectivity index (χ4v) is 4.39. The van der Waals surface area contributed by atoms with Gasteiger partial charge in [0.1, 0.15) is 5.75 Å². The normalized spacial score (nSPS) is 17.9. The second-order valence-electron chi connectivity index (χ2n) is 7.65. The fraction of sp³-hybridized carbons (Fsp3) is 0.435. The van der Waals surface area contributed by atoms with Crippen LogP contribution >= 0.6 is 0 Å². The number of carbonyl (C=O) groups excluding carboxylic acids is 1. The first-order valence-corrected chi connectivity index (χ1v) is 10.2. The smallest absolute Gasteiger partial charge is 0.257 e. The molecule has 4 rings (SSSR count). The summed E-state index contributed by atoms with van der Waals surface area (Å²) < 4.78 is 5.55. The van der Waals surface area contributed by atoms with E-state index in [-0.39, 0.29) is 5.91 Å². The van der Waals surface area contributed by atoms with E-state index < -0.39 is 0 Å². The minimum atomic E-state index is -0.0906. The van der Waals surface area contributed by atoms with Gasteiger partial charge in [-0.1, -0.05) is 24.3 Å². The SMILES string of the molecule is COc1cccc2c1CCCC2CCNCCc1ccc2c(c1)CC(=O)NO2. The topological polar surface area (TPSA) is 59.6 Å². The van der Waals surface area contributed by atoms with Gasteiger partial charge in [0.15, 0.2) is 5.75 Å². The number of amides is 1. The molecule has 1 amide bonds. The molecule has 2 aromatic carbocycles. The van der Waals surface area contributed by atoms with Crippen LogP contribution in [-0.4, -0.2) is 26.1 Å². The molecule has 28 heavy (non-hydrogen) atoms. The highest BCUT2D eigenvalue weighted by Gasteiger charge is 2.22. The predicted octanol–water partition coefficient (Wildman–Crippen LogP) is 3.30. The second kappa shape index (κ2) is 8.65. The minimum Gasteiger partial charge on any atom is -0.496 e. The van der Waals surface area contributed by atoms with Gasteiger partial charge in [-0.25, -0.2) is 0 Å². The van der Waals surface area contributed by atoms with Gasteiger partial charge in [-0.2, -0.15) is 5.48 Å². The van der Waals surface area contributed by atoms with E-state index in [2.05, 4.69) is 41.1 Å². The van der Waals surface area contributed by atoms with Crippen molar-refractivity contribution in [1.29, 1.82) is 0 Å². The van der Waals surface area contributed by atoms with E-state index in [4.69, 9.17) is 9.57 Å². The molecule has 1 heterocycles. The Morgan fingerprint density at radius 1 is 1.25 bits per heavy atom. The maximum absolute atomic E-state index is 11.5.